The molecule has 0 saturated heterocycles. The second kappa shape index (κ2) is 5.14. The molecule has 1 fully saturated rings. The molecule has 18 heavy (non-hydrogen) atoms. The molecule has 0 amide bonds. The van der Waals surface area contributed by atoms with Gasteiger partial charge in [0.15, 0.2) is 0 Å². The van der Waals surface area contributed by atoms with Crippen molar-refractivity contribution in [1.82, 2.24) is 19.3 Å². The van der Waals surface area contributed by atoms with E-state index in [-0.39, 0.29) is 0 Å². The van der Waals surface area contributed by atoms with Crippen molar-refractivity contribution in [3.63, 3.8) is 0 Å². The molecule has 4 nitrogen and oxygen atoms in total. The van der Waals surface area contributed by atoms with Crippen molar-refractivity contribution in [2.24, 2.45) is 0 Å². The summed E-state index contributed by atoms with van der Waals surface area (Å²) in [6.45, 7) is 0.767. The molecule has 0 spiro atoms. The highest BCUT2D eigenvalue weighted by molar-refractivity contribution is 6.16. The van der Waals surface area contributed by atoms with E-state index < -0.39 is 0 Å². The zero-order valence-electron chi connectivity index (χ0n) is 10.3. The fourth-order valence-corrected chi connectivity index (χ4v) is 2.72. The molecular weight excluding hydrogens is 248 g/mol. The minimum absolute atomic E-state index is 0.462. The summed E-state index contributed by atoms with van der Waals surface area (Å²) < 4.78 is 4.15. The molecule has 2 heterocycles. The lowest BCUT2D eigenvalue weighted by molar-refractivity contribution is 0.461. The quantitative estimate of drug-likeness (QED) is 0.796. The molecule has 1 aliphatic carbocycles. The Hall–Kier alpha value is -1.29. The van der Waals surface area contributed by atoms with Crippen molar-refractivity contribution in [2.75, 3.05) is 0 Å². The number of alkyl halides is 1. The van der Waals surface area contributed by atoms with Crippen LogP contribution in [-0.2, 0) is 12.4 Å². The first kappa shape index (κ1) is 11.8. The molecule has 0 unspecified atom stereocenters. The maximum atomic E-state index is 5.74. The molecular formula is C13H17ClN4. The Morgan fingerprint density at radius 3 is 2.83 bits per heavy atom. The van der Waals surface area contributed by atoms with Gasteiger partial charge in [0.25, 0.3) is 0 Å². The molecule has 1 aliphatic rings. The number of rotatable bonds is 4. The van der Waals surface area contributed by atoms with E-state index in [9.17, 15) is 0 Å². The lowest BCUT2D eigenvalue weighted by Crippen LogP contribution is -2.06. The summed E-state index contributed by atoms with van der Waals surface area (Å²) in [4.78, 5) is 4.21. The molecule has 0 atom stereocenters. The summed E-state index contributed by atoms with van der Waals surface area (Å²) >= 11 is 5.74. The third-order valence-electron chi connectivity index (χ3n) is 3.53. The lowest BCUT2D eigenvalue weighted by atomic mass is 10.3. The van der Waals surface area contributed by atoms with E-state index in [1.165, 1.54) is 25.7 Å². The molecule has 2 aromatic heterocycles. The molecule has 96 valence electrons. The molecule has 0 aromatic carbocycles. The Kier molecular flexibility index (Phi) is 3.37. The van der Waals surface area contributed by atoms with E-state index in [0.29, 0.717) is 11.9 Å². The number of hydrogen-bond acceptors (Lipinski definition) is 2. The zero-order chi connectivity index (χ0) is 12.4. The number of hydrogen-bond donors (Lipinski definition) is 0. The summed E-state index contributed by atoms with van der Waals surface area (Å²) in [5.41, 5.74) is 1.99. The number of nitrogens with zero attached hydrogens (tertiary/aromatic N) is 4. The van der Waals surface area contributed by atoms with Gasteiger partial charge in [-0.3, -0.25) is 4.68 Å². The third-order valence-corrected chi connectivity index (χ3v) is 3.80. The standard InChI is InChI=1S/C13H17ClN4/c14-7-12-9-17(10-15-12)8-11-5-6-18(16-11)13-3-1-2-4-13/h5-6,9-10,13H,1-4,7-8H2. The van der Waals surface area contributed by atoms with Gasteiger partial charge in [0.05, 0.1) is 36.2 Å². The first-order valence-corrected chi connectivity index (χ1v) is 6.99. The molecule has 0 bridgehead atoms. The van der Waals surface area contributed by atoms with E-state index in [0.717, 1.165) is 17.9 Å². The molecule has 2 aromatic rings. The maximum absolute atomic E-state index is 5.74. The zero-order valence-corrected chi connectivity index (χ0v) is 11.1. The van der Waals surface area contributed by atoms with E-state index in [2.05, 4.69) is 27.0 Å². The van der Waals surface area contributed by atoms with Crippen molar-refractivity contribution in [1.29, 1.82) is 0 Å². The van der Waals surface area contributed by atoms with Crippen LogP contribution in [0.25, 0.3) is 0 Å². The van der Waals surface area contributed by atoms with E-state index in [1.54, 1.807) is 0 Å². The Morgan fingerprint density at radius 1 is 1.28 bits per heavy atom. The minimum atomic E-state index is 0.462. The van der Waals surface area contributed by atoms with Gasteiger partial charge in [-0.2, -0.15) is 5.10 Å². The lowest BCUT2D eigenvalue weighted by Gasteiger charge is -2.08. The van der Waals surface area contributed by atoms with Gasteiger partial charge in [-0.05, 0) is 18.9 Å². The van der Waals surface area contributed by atoms with Crippen molar-refractivity contribution in [3.8, 4) is 0 Å². The van der Waals surface area contributed by atoms with Crippen LogP contribution >= 0.6 is 11.6 Å². The van der Waals surface area contributed by atoms with Gasteiger partial charge in [-0.25, -0.2) is 4.98 Å². The summed E-state index contributed by atoms with van der Waals surface area (Å²) in [7, 11) is 0. The Labute approximate surface area is 112 Å². The molecule has 5 heteroatoms. The number of aromatic nitrogens is 4. The highest BCUT2D eigenvalue weighted by Gasteiger charge is 2.17. The van der Waals surface area contributed by atoms with Crippen LogP contribution in [0.2, 0.25) is 0 Å². The van der Waals surface area contributed by atoms with Crippen LogP contribution in [0.15, 0.2) is 24.8 Å². The molecule has 3 rings (SSSR count). The van der Waals surface area contributed by atoms with E-state index in [4.69, 9.17) is 11.6 Å². The average Bonchev–Trinajstić information content (AvgIpc) is 3.10. The number of imidazole rings is 1. The largest absolute Gasteiger partial charge is 0.331 e. The fourth-order valence-electron chi connectivity index (χ4n) is 2.58. The Morgan fingerprint density at radius 2 is 2.11 bits per heavy atom. The monoisotopic (exact) mass is 264 g/mol. The highest BCUT2D eigenvalue weighted by atomic mass is 35.5. The maximum Gasteiger partial charge on any atom is 0.0953 e. The SMILES string of the molecule is ClCc1cn(Cc2ccn(C3CCCC3)n2)cn1. The topological polar surface area (TPSA) is 35.6 Å². The smallest absolute Gasteiger partial charge is 0.0953 e. The van der Waals surface area contributed by atoms with E-state index in [1.807, 2.05) is 17.1 Å². The van der Waals surface area contributed by atoms with Crippen molar-refractivity contribution in [3.05, 3.63) is 36.2 Å². The van der Waals surface area contributed by atoms with Gasteiger partial charge >= 0.3 is 0 Å². The average molecular weight is 265 g/mol. The van der Waals surface area contributed by atoms with Crippen LogP contribution in [-0.4, -0.2) is 19.3 Å². The van der Waals surface area contributed by atoms with Crippen LogP contribution in [0.1, 0.15) is 43.1 Å². The van der Waals surface area contributed by atoms with E-state index >= 15 is 0 Å². The van der Waals surface area contributed by atoms with Crippen molar-refractivity contribution in [2.45, 2.75) is 44.1 Å². The van der Waals surface area contributed by atoms with Crippen LogP contribution in [0.3, 0.4) is 0 Å². The first-order valence-electron chi connectivity index (χ1n) is 6.46. The summed E-state index contributed by atoms with van der Waals surface area (Å²) in [6, 6.07) is 2.71. The van der Waals surface area contributed by atoms with Gasteiger partial charge in [0.1, 0.15) is 0 Å². The predicted molar refractivity (Wildman–Crippen MR) is 70.6 cm³/mol. The van der Waals surface area contributed by atoms with Crippen LogP contribution in [0.5, 0.6) is 0 Å². The second-order valence-electron chi connectivity index (χ2n) is 4.90. The summed E-state index contributed by atoms with van der Waals surface area (Å²) in [5.74, 6) is 0.462. The number of halogens is 1. The van der Waals surface area contributed by atoms with Gasteiger partial charge in [-0.15, -0.1) is 11.6 Å². The summed E-state index contributed by atoms with van der Waals surface area (Å²) in [6.07, 6.45) is 11.1. The Bertz CT molecular complexity index is 511. The van der Waals surface area contributed by atoms with Gasteiger partial charge < -0.3 is 4.57 Å². The highest BCUT2D eigenvalue weighted by Crippen LogP contribution is 2.28. The fraction of sp³-hybridized carbons (Fsp3) is 0.538. The van der Waals surface area contributed by atoms with Crippen LogP contribution in [0, 0.1) is 0 Å². The Balaban J connectivity index is 1.69. The molecule has 0 N–H and O–H groups in total. The first-order chi connectivity index (χ1) is 8.85. The second-order valence-corrected chi connectivity index (χ2v) is 5.16. The molecule has 1 saturated carbocycles. The van der Waals surface area contributed by atoms with Crippen molar-refractivity contribution < 1.29 is 0 Å². The molecule has 0 aliphatic heterocycles. The summed E-state index contributed by atoms with van der Waals surface area (Å²) in [5, 5.41) is 4.66. The van der Waals surface area contributed by atoms with Gasteiger partial charge in [0, 0.05) is 12.4 Å². The van der Waals surface area contributed by atoms with Gasteiger partial charge in [0.2, 0.25) is 0 Å². The predicted octanol–water partition coefficient (Wildman–Crippen LogP) is 2.98. The van der Waals surface area contributed by atoms with Crippen molar-refractivity contribution >= 4 is 11.6 Å². The van der Waals surface area contributed by atoms with Gasteiger partial charge in [-0.1, -0.05) is 12.8 Å². The molecule has 0 radical (unpaired) electrons. The third kappa shape index (κ3) is 2.43. The normalized spacial score (nSPS) is 16.5. The minimum Gasteiger partial charge on any atom is -0.331 e. The van der Waals surface area contributed by atoms with Crippen LogP contribution < -0.4 is 0 Å². The van der Waals surface area contributed by atoms with Crippen LogP contribution in [0.4, 0.5) is 0 Å².